The third-order valence-corrected chi connectivity index (χ3v) is 6.18. The lowest BCUT2D eigenvalue weighted by Crippen LogP contribution is -2.44. The topological polar surface area (TPSA) is 31.4 Å². The average molecular weight is 424 g/mol. The van der Waals surface area contributed by atoms with Gasteiger partial charge in [0.05, 0.1) is 7.11 Å². The number of pyridine rings is 1. The highest BCUT2D eigenvalue weighted by Gasteiger charge is 2.41. The van der Waals surface area contributed by atoms with E-state index >= 15 is 0 Å². The summed E-state index contributed by atoms with van der Waals surface area (Å²) in [5.74, 6) is 0.826. The number of hydrogen-bond acceptors (Lipinski definition) is 3. The summed E-state index contributed by atoms with van der Waals surface area (Å²) in [6, 6.07) is 31.4. The van der Waals surface area contributed by atoms with Crippen LogP contribution in [0.2, 0.25) is 0 Å². The number of aryl methyl sites for hydroxylation is 1. The van der Waals surface area contributed by atoms with Gasteiger partial charge in [-0.25, -0.2) is 0 Å². The monoisotopic (exact) mass is 423 g/mol. The van der Waals surface area contributed by atoms with Gasteiger partial charge in [0.1, 0.15) is 18.4 Å². The predicted octanol–water partition coefficient (Wildman–Crippen LogP) is 6.55. The first-order valence-corrected chi connectivity index (χ1v) is 11.0. The number of hydroxylamine groups is 1. The minimum Gasteiger partial charge on any atom is -0.497 e. The first kappa shape index (κ1) is 20.4. The van der Waals surface area contributed by atoms with Gasteiger partial charge in [0.25, 0.3) is 0 Å². The van der Waals surface area contributed by atoms with Crippen LogP contribution in [-0.4, -0.2) is 12.1 Å². The van der Waals surface area contributed by atoms with Crippen LogP contribution in [0.5, 0.6) is 5.75 Å². The minimum absolute atomic E-state index is 0.00480. The van der Waals surface area contributed by atoms with E-state index < -0.39 is 0 Å². The SMILES string of the molecule is COc1ccc([N+](Cc2cccnc2)(OC2CCc3ccccc32)c2ccccc2)cc1. The van der Waals surface area contributed by atoms with E-state index in [1.165, 1.54) is 11.1 Å². The Hall–Kier alpha value is -3.47. The molecule has 0 amide bonds. The van der Waals surface area contributed by atoms with E-state index in [2.05, 4.69) is 71.7 Å². The molecule has 0 fully saturated rings. The Bertz CT molecular complexity index is 1160. The molecular weight excluding hydrogens is 396 g/mol. The summed E-state index contributed by atoms with van der Waals surface area (Å²) in [6.07, 6.45) is 5.74. The van der Waals surface area contributed by atoms with E-state index in [4.69, 9.17) is 9.57 Å². The van der Waals surface area contributed by atoms with Gasteiger partial charge < -0.3 is 4.74 Å². The van der Waals surface area contributed by atoms with Crippen molar-refractivity contribution < 1.29 is 9.57 Å². The molecule has 0 radical (unpaired) electrons. The van der Waals surface area contributed by atoms with Crippen molar-refractivity contribution >= 4 is 11.4 Å². The molecule has 1 aliphatic rings. The Kier molecular flexibility index (Phi) is 5.71. The number of hydrogen-bond donors (Lipinski definition) is 0. The molecule has 4 nitrogen and oxygen atoms in total. The molecule has 0 saturated carbocycles. The van der Waals surface area contributed by atoms with Crippen LogP contribution in [0, 0.1) is 0 Å². The van der Waals surface area contributed by atoms with E-state index in [1.54, 1.807) is 7.11 Å². The number of quaternary nitrogens is 1. The smallest absolute Gasteiger partial charge is 0.171 e. The van der Waals surface area contributed by atoms with Crippen molar-refractivity contribution in [2.75, 3.05) is 7.11 Å². The van der Waals surface area contributed by atoms with Gasteiger partial charge in [-0.05, 0) is 42.2 Å². The van der Waals surface area contributed by atoms with Crippen LogP contribution in [0.4, 0.5) is 11.4 Å². The van der Waals surface area contributed by atoms with E-state index in [-0.39, 0.29) is 10.8 Å². The molecule has 2 atom stereocenters. The molecule has 32 heavy (non-hydrogen) atoms. The van der Waals surface area contributed by atoms with Crippen LogP contribution >= 0.6 is 0 Å². The molecular formula is C28H27N2O2+. The Morgan fingerprint density at radius 3 is 2.34 bits per heavy atom. The first-order chi connectivity index (χ1) is 15.8. The van der Waals surface area contributed by atoms with Gasteiger partial charge in [-0.1, -0.05) is 48.5 Å². The second-order valence-corrected chi connectivity index (χ2v) is 8.12. The summed E-state index contributed by atoms with van der Waals surface area (Å²) >= 11 is 0. The third kappa shape index (κ3) is 3.91. The Morgan fingerprint density at radius 2 is 1.59 bits per heavy atom. The van der Waals surface area contributed by atoms with Crippen molar-refractivity contribution in [2.45, 2.75) is 25.5 Å². The fraction of sp³-hybridized carbons (Fsp3) is 0.179. The molecule has 4 heteroatoms. The number of benzene rings is 3. The van der Waals surface area contributed by atoms with Crippen LogP contribution in [0.15, 0.2) is 103 Å². The van der Waals surface area contributed by atoms with Gasteiger partial charge in [0.2, 0.25) is 0 Å². The molecule has 1 heterocycles. The molecule has 160 valence electrons. The summed E-state index contributed by atoms with van der Waals surface area (Å²) in [5.41, 5.74) is 5.89. The van der Waals surface area contributed by atoms with Crippen molar-refractivity contribution in [1.82, 2.24) is 9.63 Å². The molecule has 1 aliphatic carbocycles. The average Bonchev–Trinajstić information content (AvgIpc) is 3.27. The van der Waals surface area contributed by atoms with Crippen molar-refractivity contribution in [3.05, 3.63) is 120 Å². The van der Waals surface area contributed by atoms with Gasteiger partial charge in [-0.3, -0.25) is 4.98 Å². The molecule has 1 aromatic heterocycles. The van der Waals surface area contributed by atoms with E-state index in [0.717, 1.165) is 35.5 Å². The summed E-state index contributed by atoms with van der Waals surface area (Å²) in [5, 5.41) is 0. The Balaban J connectivity index is 1.66. The second kappa shape index (κ2) is 8.95. The molecule has 3 aromatic carbocycles. The van der Waals surface area contributed by atoms with Crippen molar-refractivity contribution in [3.8, 4) is 5.75 Å². The van der Waals surface area contributed by atoms with E-state index in [1.807, 2.05) is 36.7 Å². The van der Waals surface area contributed by atoms with Gasteiger partial charge >= 0.3 is 0 Å². The van der Waals surface area contributed by atoms with Crippen LogP contribution in [0.25, 0.3) is 0 Å². The number of aromatic nitrogens is 1. The van der Waals surface area contributed by atoms with E-state index in [9.17, 15) is 0 Å². The normalized spacial score (nSPS) is 16.8. The molecule has 0 N–H and O–H groups in total. The van der Waals surface area contributed by atoms with Gasteiger partial charge in [0, 0.05) is 42.2 Å². The molecule has 0 saturated heterocycles. The van der Waals surface area contributed by atoms with Crippen molar-refractivity contribution in [3.63, 3.8) is 0 Å². The highest BCUT2D eigenvalue weighted by Crippen LogP contribution is 2.44. The van der Waals surface area contributed by atoms with Gasteiger partial charge in [0.15, 0.2) is 11.4 Å². The maximum absolute atomic E-state index is 7.14. The Morgan fingerprint density at radius 1 is 0.844 bits per heavy atom. The highest BCUT2D eigenvalue weighted by molar-refractivity contribution is 5.57. The summed E-state index contributed by atoms with van der Waals surface area (Å²) in [7, 11) is 1.69. The maximum Gasteiger partial charge on any atom is 0.171 e. The zero-order valence-electron chi connectivity index (χ0n) is 18.2. The molecule has 0 spiro atoms. The zero-order valence-corrected chi connectivity index (χ0v) is 18.2. The van der Waals surface area contributed by atoms with Crippen LogP contribution in [0.1, 0.15) is 29.2 Å². The molecule has 5 rings (SSSR count). The third-order valence-electron chi connectivity index (χ3n) is 6.18. The van der Waals surface area contributed by atoms with Crippen molar-refractivity contribution in [2.24, 2.45) is 0 Å². The van der Waals surface area contributed by atoms with Gasteiger partial charge in [-0.15, -0.1) is 4.65 Å². The molecule has 2 unspecified atom stereocenters. The second-order valence-electron chi connectivity index (χ2n) is 8.12. The minimum atomic E-state index is 0.00480. The number of methoxy groups -OCH3 is 1. The van der Waals surface area contributed by atoms with Crippen molar-refractivity contribution in [1.29, 1.82) is 0 Å². The maximum atomic E-state index is 7.14. The van der Waals surface area contributed by atoms with E-state index in [0.29, 0.717) is 6.54 Å². The molecule has 4 aromatic rings. The lowest BCUT2D eigenvalue weighted by atomic mass is 10.1. The number of fused-ring (bicyclic) bond motifs is 1. The standard InChI is InChI=1S/C28H27N2O2/c1-31-26-16-14-25(15-17-26)30(24-10-3-2-4-11-24,21-22-8-7-19-29-20-22)32-28-18-13-23-9-5-6-12-27(23)28/h2-12,14-17,19-20,28H,13,18,21H2,1H3/q+1. The number of rotatable bonds is 7. The number of para-hydroxylation sites is 1. The first-order valence-electron chi connectivity index (χ1n) is 11.0. The molecule has 0 bridgehead atoms. The summed E-state index contributed by atoms with van der Waals surface area (Å²) in [6.45, 7) is 0.628. The number of ether oxygens (including phenoxy) is 1. The summed E-state index contributed by atoms with van der Waals surface area (Å²) in [4.78, 5) is 11.5. The molecule has 0 aliphatic heterocycles. The van der Waals surface area contributed by atoms with Crippen LogP contribution < -0.4 is 9.38 Å². The fourth-order valence-corrected chi connectivity index (χ4v) is 4.58. The predicted molar refractivity (Wildman–Crippen MR) is 127 cm³/mol. The van der Waals surface area contributed by atoms with Crippen LogP contribution in [-0.2, 0) is 17.8 Å². The fourth-order valence-electron chi connectivity index (χ4n) is 4.58. The largest absolute Gasteiger partial charge is 0.497 e. The Labute approximate surface area is 189 Å². The van der Waals surface area contributed by atoms with Gasteiger partial charge in [-0.2, -0.15) is 4.84 Å². The lowest BCUT2D eigenvalue weighted by Gasteiger charge is -2.37. The number of nitrogens with zero attached hydrogens (tertiary/aromatic N) is 2. The lowest BCUT2D eigenvalue weighted by molar-refractivity contribution is -0.157. The quantitative estimate of drug-likeness (QED) is 0.250. The highest BCUT2D eigenvalue weighted by atomic mass is 16.7. The van der Waals surface area contributed by atoms with Crippen LogP contribution in [0.3, 0.4) is 0 Å². The zero-order chi connectivity index (χ0) is 21.8. The summed E-state index contributed by atoms with van der Waals surface area (Å²) < 4.78 is 5.67.